The SMILES string of the molecule is Cl.O=C(C1CCC1)N(C1CCNC(CCc2ccccc2)C1)n1cccc1. The maximum absolute atomic E-state index is 13.1. The Morgan fingerprint density at radius 3 is 2.48 bits per heavy atom. The minimum absolute atomic E-state index is 0. The molecule has 5 heteroatoms. The molecule has 146 valence electrons. The molecule has 1 aromatic heterocycles. The number of halogens is 1. The third-order valence-corrected chi connectivity index (χ3v) is 5.96. The van der Waals surface area contributed by atoms with Crippen molar-refractivity contribution in [1.82, 2.24) is 9.99 Å². The third kappa shape index (κ3) is 4.74. The summed E-state index contributed by atoms with van der Waals surface area (Å²) in [5.74, 6) is 0.552. The molecule has 2 fully saturated rings. The summed E-state index contributed by atoms with van der Waals surface area (Å²) in [6.45, 7) is 0.986. The van der Waals surface area contributed by atoms with Gasteiger partial charge in [-0.1, -0.05) is 36.8 Å². The van der Waals surface area contributed by atoms with Crippen LogP contribution in [0.15, 0.2) is 54.9 Å². The van der Waals surface area contributed by atoms with E-state index in [-0.39, 0.29) is 24.4 Å². The fourth-order valence-corrected chi connectivity index (χ4v) is 4.20. The number of carbonyl (C=O) groups excluding carboxylic acids is 1. The van der Waals surface area contributed by atoms with Gasteiger partial charge in [0.1, 0.15) is 0 Å². The lowest BCUT2D eigenvalue weighted by Crippen LogP contribution is -2.56. The second-order valence-electron chi connectivity index (χ2n) is 7.73. The first-order chi connectivity index (χ1) is 12.8. The van der Waals surface area contributed by atoms with Gasteiger partial charge >= 0.3 is 0 Å². The van der Waals surface area contributed by atoms with E-state index in [1.54, 1.807) is 0 Å². The molecule has 1 aliphatic heterocycles. The van der Waals surface area contributed by atoms with E-state index < -0.39 is 0 Å². The van der Waals surface area contributed by atoms with Gasteiger partial charge in [-0.25, -0.2) is 5.01 Å². The predicted molar refractivity (Wildman–Crippen MR) is 112 cm³/mol. The molecule has 2 atom stereocenters. The molecule has 1 N–H and O–H groups in total. The minimum atomic E-state index is 0. The van der Waals surface area contributed by atoms with Gasteiger partial charge in [0.2, 0.25) is 5.91 Å². The molecule has 2 heterocycles. The van der Waals surface area contributed by atoms with Crippen molar-refractivity contribution in [2.45, 2.75) is 57.0 Å². The van der Waals surface area contributed by atoms with Gasteiger partial charge in [0, 0.05) is 24.4 Å². The maximum atomic E-state index is 13.1. The molecule has 1 aliphatic carbocycles. The fourth-order valence-electron chi connectivity index (χ4n) is 4.20. The number of aryl methyl sites for hydroxylation is 1. The van der Waals surface area contributed by atoms with Crippen molar-refractivity contribution in [1.29, 1.82) is 0 Å². The van der Waals surface area contributed by atoms with Gasteiger partial charge in [-0.05, 0) is 62.8 Å². The van der Waals surface area contributed by atoms with Crippen molar-refractivity contribution in [2.24, 2.45) is 5.92 Å². The summed E-state index contributed by atoms with van der Waals surface area (Å²) in [4.78, 5) is 13.1. The molecule has 2 aromatic rings. The first-order valence-corrected chi connectivity index (χ1v) is 10.0. The zero-order chi connectivity index (χ0) is 17.8. The molecule has 4 rings (SSSR count). The second kappa shape index (κ2) is 9.43. The molecule has 0 radical (unpaired) electrons. The molecule has 27 heavy (non-hydrogen) atoms. The van der Waals surface area contributed by atoms with Crippen LogP contribution in [0.2, 0.25) is 0 Å². The van der Waals surface area contributed by atoms with E-state index in [1.807, 2.05) is 29.2 Å². The Labute approximate surface area is 168 Å². The summed E-state index contributed by atoms with van der Waals surface area (Å²) in [7, 11) is 0. The van der Waals surface area contributed by atoms with Crippen molar-refractivity contribution in [3.05, 3.63) is 60.4 Å². The monoisotopic (exact) mass is 387 g/mol. The summed E-state index contributed by atoms with van der Waals surface area (Å²) >= 11 is 0. The maximum Gasteiger partial charge on any atom is 0.244 e. The summed E-state index contributed by atoms with van der Waals surface area (Å²) in [5, 5.41) is 5.72. The van der Waals surface area contributed by atoms with Crippen molar-refractivity contribution >= 4 is 18.3 Å². The largest absolute Gasteiger partial charge is 0.314 e. The average molecular weight is 388 g/mol. The lowest BCUT2D eigenvalue weighted by atomic mass is 9.84. The van der Waals surface area contributed by atoms with Gasteiger partial charge in [-0.15, -0.1) is 12.4 Å². The van der Waals surface area contributed by atoms with E-state index in [0.717, 1.165) is 45.1 Å². The number of aromatic nitrogens is 1. The van der Waals surface area contributed by atoms with Gasteiger partial charge in [0.25, 0.3) is 0 Å². The van der Waals surface area contributed by atoms with Crippen LogP contribution in [0, 0.1) is 5.92 Å². The van der Waals surface area contributed by atoms with Gasteiger partial charge in [0.05, 0.1) is 6.04 Å². The van der Waals surface area contributed by atoms with Crippen molar-refractivity contribution in [3.8, 4) is 0 Å². The normalized spacial score (nSPS) is 22.5. The number of benzene rings is 1. The van der Waals surface area contributed by atoms with Crippen LogP contribution < -0.4 is 10.3 Å². The number of piperidine rings is 1. The smallest absolute Gasteiger partial charge is 0.244 e. The highest BCUT2D eigenvalue weighted by Gasteiger charge is 2.36. The molecular formula is C22H30ClN3O. The zero-order valence-electron chi connectivity index (χ0n) is 15.8. The van der Waals surface area contributed by atoms with E-state index in [9.17, 15) is 4.79 Å². The van der Waals surface area contributed by atoms with E-state index in [0.29, 0.717) is 11.9 Å². The molecule has 0 spiro atoms. The topological polar surface area (TPSA) is 37.3 Å². The number of nitrogens with zero attached hydrogens (tertiary/aromatic N) is 2. The number of nitrogens with one attached hydrogen (secondary N) is 1. The third-order valence-electron chi connectivity index (χ3n) is 5.96. The van der Waals surface area contributed by atoms with Crippen LogP contribution in [-0.2, 0) is 11.2 Å². The molecule has 1 aromatic carbocycles. The van der Waals surface area contributed by atoms with Crippen LogP contribution in [0.4, 0.5) is 0 Å². The highest BCUT2D eigenvalue weighted by molar-refractivity contribution is 5.89. The molecule has 2 unspecified atom stereocenters. The van der Waals surface area contributed by atoms with Crippen LogP contribution in [0.3, 0.4) is 0 Å². The van der Waals surface area contributed by atoms with Gasteiger partial charge in [-0.3, -0.25) is 9.47 Å². The van der Waals surface area contributed by atoms with Crippen molar-refractivity contribution in [2.75, 3.05) is 11.6 Å². The molecule has 1 saturated heterocycles. The molecule has 4 nitrogen and oxygen atoms in total. The predicted octanol–water partition coefficient (Wildman–Crippen LogP) is 3.93. The van der Waals surface area contributed by atoms with E-state index in [4.69, 9.17) is 0 Å². The summed E-state index contributed by atoms with van der Waals surface area (Å²) in [5.41, 5.74) is 1.39. The van der Waals surface area contributed by atoms with Crippen LogP contribution in [0.5, 0.6) is 0 Å². The summed E-state index contributed by atoms with van der Waals surface area (Å²) < 4.78 is 2.02. The second-order valence-corrected chi connectivity index (χ2v) is 7.73. The zero-order valence-corrected chi connectivity index (χ0v) is 16.6. The van der Waals surface area contributed by atoms with E-state index >= 15 is 0 Å². The van der Waals surface area contributed by atoms with E-state index in [1.165, 1.54) is 12.0 Å². The van der Waals surface area contributed by atoms with Gasteiger partial charge in [0.15, 0.2) is 0 Å². The molecule has 2 aliphatic rings. The van der Waals surface area contributed by atoms with Gasteiger partial charge < -0.3 is 5.32 Å². The summed E-state index contributed by atoms with van der Waals surface area (Å²) in [6, 6.07) is 15.5. The van der Waals surface area contributed by atoms with Crippen LogP contribution in [-0.4, -0.2) is 29.2 Å². The highest BCUT2D eigenvalue weighted by atomic mass is 35.5. The van der Waals surface area contributed by atoms with Crippen LogP contribution in [0.25, 0.3) is 0 Å². The number of hydrogen-bond acceptors (Lipinski definition) is 2. The van der Waals surface area contributed by atoms with E-state index in [2.05, 4.69) is 40.7 Å². The first kappa shape index (κ1) is 20.0. The van der Waals surface area contributed by atoms with Gasteiger partial charge in [-0.2, -0.15) is 0 Å². The molecular weight excluding hydrogens is 358 g/mol. The number of hydrogen-bond donors (Lipinski definition) is 1. The van der Waals surface area contributed by atoms with Crippen LogP contribution >= 0.6 is 12.4 Å². The number of amides is 1. The average Bonchev–Trinajstić information content (AvgIpc) is 3.14. The highest BCUT2D eigenvalue weighted by Crippen LogP contribution is 2.30. The Kier molecular flexibility index (Phi) is 6.97. The Morgan fingerprint density at radius 2 is 1.81 bits per heavy atom. The molecule has 0 bridgehead atoms. The Balaban J connectivity index is 0.00000210. The Bertz CT molecular complexity index is 700. The molecule has 1 saturated carbocycles. The fraction of sp³-hybridized carbons (Fsp3) is 0.500. The quantitative estimate of drug-likeness (QED) is 0.815. The summed E-state index contributed by atoms with van der Waals surface area (Å²) in [6.07, 6.45) is 11.6. The standard InChI is InChI=1S/C22H29N3O.ClH/c26-22(19-9-6-10-19)25(24-15-4-5-16-24)21-13-14-23-20(17-21)12-11-18-7-2-1-3-8-18;/h1-5,7-8,15-16,19-21,23H,6,9-14,17H2;1H. The lowest BCUT2D eigenvalue weighted by Gasteiger charge is -2.41. The van der Waals surface area contributed by atoms with Crippen molar-refractivity contribution in [3.63, 3.8) is 0 Å². The van der Waals surface area contributed by atoms with Crippen molar-refractivity contribution < 1.29 is 4.79 Å². The van der Waals surface area contributed by atoms with Crippen LogP contribution in [0.1, 0.15) is 44.1 Å². The minimum Gasteiger partial charge on any atom is -0.314 e. The number of rotatable bonds is 6. The first-order valence-electron chi connectivity index (χ1n) is 10.0. The Hall–Kier alpha value is -1.78. The number of carbonyl (C=O) groups is 1. The Morgan fingerprint density at radius 1 is 1.07 bits per heavy atom. The lowest BCUT2D eigenvalue weighted by molar-refractivity contribution is -0.127. The molecule has 1 amide bonds.